The molecule has 2 nitrogen and oxygen atoms in total. The zero-order chi connectivity index (χ0) is 14.1. The molecule has 1 heterocycles. The first kappa shape index (κ1) is 14.3. The highest BCUT2D eigenvalue weighted by Crippen LogP contribution is 2.38. The number of fused-ring (bicyclic) bond motifs is 1. The second-order valence-corrected chi connectivity index (χ2v) is 6.94. The van der Waals surface area contributed by atoms with Gasteiger partial charge in [-0.05, 0) is 44.0 Å². The van der Waals surface area contributed by atoms with Crippen molar-refractivity contribution in [3.63, 3.8) is 0 Å². The molecule has 0 spiro atoms. The van der Waals surface area contributed by atoms with E-state index in [2.05, 4.69) is 12.2 Å². The molecular weight excluding hydrogens is 311 g/mol. The normalized spacial score (nSPS) is 18.1. The van der Waals surface area contributed by atoms with Crippen LogP contribution in [-0.4, -0.2) is 11.5 Å². The quantitative estimate of drug-likeness (QED) is 0.848. The summed E-state index contributed by atoms with van der Waals surface area (Å²) in [6, 6.07) is 6.00. The predicted molar refractivity (Wildman–Crippen MR) is 86.9 cm³/mol. The largest absolute Gasteiger partial charge is 0.309 e. The van der Waals surface area contributed by atoms with Crippen LogP contribution < -0.4 is 5.32 Å². The lowest BCUT2D eigenvalue weighted by atomic mass is 9.98. The summed E-state index contributed by atoms with van der Waals surface area (Å²) in [5, 5.41) is 5.85. The van der Waals surface area contributed by atoms with Gasteiger partial charge in [0.05, 0.1) is 11.7 Å². The Kier molecular flexibility index (Phi) is 4.32. The molecule has 3 rings (SSSR count). The highest BCUT2D eigenvalue weighted by Gasteiger charge is 2.24. The van der Waals surface area contributed by atoms with Crippen molar-refractivity contribution in [3.8, 4) is 10.6 Å². The molecule has 2 aromatic rings. The first-order valence-electron chi connectivity index (χ1n) is 6.87. The number of rotatable bonds is 3. The number of benzene rings is 1. The van der Waals surface area contributed by atoms with E-state index in [4.69, 9.17) is 28.2 Å². The first-order valence-corrected chi connectivity index (χ1v) is 8.44. The van der Waals surface area contributed by atoms with Gasteiger partial charge in [0.1, 0.15) is 5.01 Å². The van der Waals surface area contributed by atoms with Crippen LogP contribution in [0.25, 0.3) is 10.6 Å². The fraction of sp³-hybridized carbons (Fsp3) is 0.400. The molecule has 1 aromatic heterocycles. The molecule has 0 saturated heterocycles. The summed E-state index contributed by atoms with van der Waals surface area (Å²) >= 11 is 13.9. The van der Waals surface area contributed by atoms with E-state index in [1.54, 1.807) is 17.4 Å². The summed E-state index contributed by atoms with van der Waals surface area (Å²) < 4.78 is 0. The van der Waals surface area contributed by atoms with Gasteiger partial charge in [-0.3, -0.25) is 0 Å². The molecule has 1 atom stereocenters. The van der Waals surface area contributed by atoms with Gasteiger partial charge in [-0.25, -0.2) is 4.98 Å². The van der Waals surface area contributed by atoms with E-state index in [9.17, 15) is 0 Å². The van der Waals surface area contributed by atoms with Crippen molar-refractivity contribution in [3.05, 3.63) is 38.8 Å². The second-order valence-electron chi connectivity index (χ2n) is 4.99. The van der Waals surface area contributed by atoms with Crippen LogP contribution in [0, 0.1) is 0 Å². The summed E-state index contributed by atoms with van der Waals surface area (Å²) in [6.07, 6.45) is 3.52. The molecule has 106 valence electrons. The summed E-state index contributed by atoms with van der Waals surface area (Å²) in [5.41, 5.74) is 2.23. The van der Waals surface area contributed by atoms with Gasteiger partial charge in [-0.2, -0.15) is 0 Å². The van der Waals surface area contributed by atoms with Crippen molar-refractivity contribution < 1.29 is 0 Å². The van der Waals surface area contributed by atoms with E-state index in [1.807, 2.05) is 12.1 Å². The third-order valence-corrected chi connectivity index (χ3v) is 5.13. The van der Waals surface area contributed by atoms with Gasteiger partial charge in [0.15, 0.2) is 0 Å². The molecular formula is C15H16Cl2N2S. The highest BCUT2D eigenvalue weighted by molar-refractivity contribution is 7.15. The molecule has 20 heavy (non-hydrogen) atoms. The van der Waals surface area contributed by atoms with Gasteiger partial charge in [-0.15, -0.1) is 11.3 Å². The van der Waals surface area contributed by atoms with Crippen LogP contribution in [0.5, 0.6) is 0 Å². The van der Waals surface area contributed by atoms with Crippen molar-refractivity contribution in [2.45, 2.75) is 32.2 Å². The average Bonchev–Trinajstić information content (AvgIpc) is 2.83. The molecule has 1 aliphatic rings. The van der Waals surface area contributed by atoms with Crippen LogP contribution in [-0.2, 0) is 6.42 Å². The van der Waals surface area contributed by atoms with Gasteiger partial charge in [0.2, 0.25) is 0 Å². The van der Waals surface area contributed by atoms with E-state index in [0.717, 1.165) is 23.5 Å². The second kappa shape index (κ2) is 6.02. The number of aryl methyl sites for hydroxylation is 1. The van der Waals surface area contributed by atoms with Gasteiger partial charge in [-0.1, -0.05) is 30.1 Å². The van der Waals surface area contributed by atoms with Crippen LogP contribution in [0.2, 0.25) is 10.0 Å². The predicted octanol–water partition coefficient (Wildman–Crippen LogP) is 5.10. The Morgan fingerprint density at radius 3 is 2.75 bits per heavy atom. The summed E-state index contributed by atoms with van der Waals surface area (Å²) in [7, 11) is 0. The molecule has 0 bridgehead atoms. The summed E-state index contributed by atoms with van der Waals surface area (Å²) in [4.78, 5) is 6.24. The number of halogens is 2. The highest BCUT2D eigenvalue weighted by atomic mass is 35.5. The molecule has 5 heteroatoms. The molecule has 0 radical (unpaired) electrons. The molecule has 0 aliphatic heterocycles. The van der Waals surface area contributed by atoms with Crippen molar-refractivity contribution in [2.24, 2.45) is 0 Å². The number of thiazole rings is 1. The Labute approximate surface area is 133 Å². The van der Waals surface area contributed by atoms with Gasteiger partial charge < -0.3 is 5.32 Å². The Hall–Kier alpha value is -0.610. The van der Waals surface area contributed by atoms with E-state index < -0.39 is 0 Å². The minimum atomic E-state index is 0.392. The molecule has 1 aliphatic carbocycles. The van der Waals surface area contributed by atoms with E-state index in [1.165, 1.54) is 23.4 Å². The van der Waals surface area contributed by atoms with Gasteiger partial charge in [0.25, 0.3) is 0 Å². The number of aromatic nitrogens is 1. The third-order valence-electron chi connectivity index (χ3n) is 3.51. The molecule has 1 unspecified atom stereocenters. The maximum atomic E-state index is 6.09. The number of nitrogens with one attached hydrogen (secondary N) is 1. The molecule has 1 aromatic carbocycles. The van der Waals surface area contributed by atoms with Crippen LogP contribution in [0.15, 0.2) is 18.2 Å². The lowest BCUT2D eigenvalue weighted by Crippen LogP contribution is -2.24. The van der Waals surface area contributed by atoms with Crippen molar-refractivity contribution >= 4 is 34.5 Å². The van der Waals surface area contributed by atoms with Crippen molar-refractivity contribution in [1.29, 1.82) is 0 Å². The minimum absolute atomic E-state index is 0.392. The van der Waals surface area contributed by atoms with Gasteiger partial charge >= 0.3 is 0 Å². The Bertz CT molecular complexity index is 604. The minimum Gasteiger partial charge on any atom is -0.309 e. The monoisotopic (exact) mass is 326 g/mol. The van der Waals surface area contributed by atoms with Crippen molar-refractivity contribution in [1.82, 2.24) is 10.3 Å². The molecule has 1 N–H and O–H groups in total. The van der Waals surface area contributed by atoms with E-state index in [0.29, 0.717) is 16.1 Å². The van der Waals surface area contributed by atoms with Crippen LogP contribution >= 0.6 is 34.5 Å². The fourth-order valence-corrected chi connectivity index (χ4v) is 4.34. The number of hydrogen-bond acceptors (Lipinski definition) is 3. The van der Waals surface area contributed by atoms with Crippen molar-refractivity contribution in [2.75, 3.05) is 6.54 Å². The standard InChI is InChI=1S/C15H16Cl2N2S/c1-2-18-12-4-3-5-13-14(12)19-15(20-13)9-6-10(16)8-11(17)7-9/h6-8,12,18H,2-5H2,1H3. The topological polar surface area (TPSA) is 24.9 Å². The zero-order valence-electron chi connectivity index (χ0n) is 11.2. The Balaban J connectivity index is 2.00. The number of hydrogen-bond donors (Lipinski definition) is 1. The molecule has 0 saturated carbocycles. The smallest absolute Gasteiger partial charge is 0.124 e. The van der Waals surface area contributed by atoms with Gasteiger partial charge in [0, 0.05) is 20.5 Å². The van der Waals surface area contributed by atoms with E-state index >= 15 is 0 Å². The summed E-state index contributed by atoms with van der Waals surface area (Å²) in [6.45, 7) is 3.11. The van der Waals surface area contributed by atoms with Crippen LogP contribution in [0.4, 0.5) is 0 Å². The Morgan fingerprint density at radius 2 is 2.05 bits per heavy atom. The van der Waals surface area contributed by atoms with Crippen LogP contribution in [0.3, 0.4) is 0 Å². The van der Waals surface area contributed by atoms with Crippen LogP contribution in [0.1, 0.15) is 36.4 Å². The lowest BCUT2D eigenvalue weighted by molar-refractivity contribution is 0.465. The SMILES string of the molecule is CCNC1CCCc2sc(-c3cc(Cl)cc(Cl)c3)nc21. The molecule has 0 fully saturated rings. The lowest BCUT2D eigenvalue weighted by Gasteiger charge is -2.21. The summed E-state index contributed by atoms with van der Waals surface area (Å²) in [5.74, 6) is 0. The zero-order valence-corrected chi connectivity index (χ0v) is 13.6. The number of nitrogens with zero attached hydrogens (tertiary/aromatic N) is 1. The fourth-order valence-electron chi connectivity index (χ4n) is 2.66. The van der Waals surface area contributed by atoms with E-state index in [-0.39, 0.29) is 0 Å². The Morgan fingerprint density at radius 1 is 1.30 bits per heavy atom. The third kappa shape index (κ3) is 2.86. The average molecular weight is 327 g/mol. The maximum Gasteiger partial charge on any atom is 0.124 e. The maximum absolute atomic E-state index is 6.09. The molecule has 0 amide bonds. The first-order chi connectivity index (χ1) is 9.67.